The lowest BCUT2D eigenvalue weighted by atomic mass is 9.87. The van der Waals surface area contributed by atoms with Gasteiger partial charge in [0, 0.05) is 25.2 Å². The van der Waals surface area contributed by atoms with Gasteiger partial charge < -0.3 is 10.2 Å². The molecule has 2 aliphatic rings. The van der Waals surface area contributed by atoms with Crippen LogP contribution in [-0.4, -0.2) is 43.2 Å². The van der Waals surface area contributed by atoms with E-state index in [9.17, 15) is 18.0 Å². The summed E-state index contributed by atoms with van der Waals surface area (Å²) >= 11 is 0. The molecule has 18 heavy (non-hydrogen) atoms. The first-order valence-corrected chi connectivity index (χ1v) is 6.09. The van der Waals surface area contributed by atoms with Crippen molar-refractivity contribution in [2.45, 2.75) is 25.9 Å². The van der Waals surface area contributed by atoms with Crippen molar-refractivity contribution >= 4 is 5.91 Å². The van der Waals surface area contributed by atoms with Gasteiger partial charge in [0.1, 0.15) is 0 Å². The molecule has 1 unspecified atom stereocenters. The van der Waals surface area contributed by atoms with Crippen LogP contribution in [0.4, 0.5) is 13.2 Å². The van der Waals surface area contributed by atoms with Gasteiger partial charge in [-0.25, -0.2) is 0 Å². The Bertz CT molecular complexity index is 370. The molecule has 2 heterocycles. The zero-order chi connectivity index (χ0) is 13.4. The maximum Gasteiger partial charge on any atom is 0.412 e. The molecule has 1 atom stereocenters. The Morgan fingerprint density at radius 3 is 2.67 bits per heavy atom. The third kappa shape index (κ3) is 2.53. The van der Waals surface area contributed by atoms with Crippen LogP contribution in [0, 0.1) is 5.41 Å². The minimum Gasteiger partial charge on any atom is -0.338 e. The molecule has 3 nitrogen and oxygen atoms in total. The van der Waals surface area contributed by atoms with Crippen LogP contribution in [0.2, 0.25) is 0 Å². The molecule has 2 aliphatic heterocycles. The number of halogens is 3. The van der Waals surface area contributed by atoms with E-state index in [2.05, 4.69) is 5.32 Å². The van der Waals surface area contributed by atoms with Crippen LogP contribution in [0.25, 0.3) is 0 Å². The van der Waals surface area contributed by atoms with Gasteiger partial charge in [-0.3, -0.25) is 4.79 Å². The van der Waals surface area contributed by atoms with Gasteiger partial charge >= 0.3 is 6.18 Å². The number of hydrogen-bond donors (Lipinski definition) is 1. The highest BCUT2D eigenvalue weighted by atomic mass is 19.4. The summed E-state index contributed by atoms with van der Waals surface area (Å²) in [4.78, 5) is 13.8. The maximum atomic E-state index is 12.5. The molecule has 2 rings (SSSR count). The second-order valence-electron chi connectivity index (χ2n) is 5.22. The first-order chi connectivity index (χ1) is 8.33. The van der Waals surface area contributed by atoms with Crippen LogP contribution in [0.1, 0.15) is 19.8 Å². The van der Waals surface area contributed by atoms with E-state index < -0.39 is 17.2 Å². The smallest absolute Gasteiger partial charge is 0.338 e. The van der Waals surface area contributed by atoms with Crippen molar-refractivity contribution in [3.8, 4) is 0 Å². The standard InChI is InChI=1S/C12H17F3N2O/c1-11(4-5-16-8-11)10(18)17-6-2-9(3-7-17)12(13,14)15/h2,16H,3-8H2,1H3. The number of hydrogen-bond acceptors (Lipinski definition) is 2. The van der Waals surface area contributed by atoms with Crippen LogP contribution in [-0.2, 0) is 4.79 Å². The fraction of sp³-hybridized carbons (Fsp3) is 0.750. The number of alkyl halides is 3. The first-order valence-electron chi connectivity index (χ1n) is 6.09. The molecule has 1 fully saturated rings. The molecule has 0 aromatic heterocycles. The van der Waals surface area contributed by atoms with Crippen molar-refractivity contribution in [1.82, 2.24) is 10.2 Å². The number of nitrogens with zero attached hydrogens (tertiary/aromatic N) is 1. The summed E-state index contributed by atoms with van der Waals surface area (Å²) in [6.45, 7) is 3.51. The predicted octanol–water partition coefficient (Wildman–Crippen LogP) is 1.71. The third-order valence-corrected chi connectivity index (χ3v) is 3.75. The van der Waals surface area contributed by atoms with Crippen LogP contribution in [0.15, 0.2) is 11.6 Å². The second-order valence-corrected chi connectivity index (χ2v) is 5.22. The predicted molar refractivity (Wildman–Crippen MR) is 60.9 cm³/mol. The van der Waals surface area contributed by atoms with Gasteiger partial charge in [-0.05, 0) is 26.3 Å². The second kappa shape index (κ2) is 4.57. The molecule has 1 amide bonds. The summed E-state index contributed by atoms with van der Waals surface area (Å²) in [6, 6.07) is 0. The molecular weight excluding hydrogens is 245 g/mol. The molecule has 0 aromatic rings. The topological polar surface area (TPSA) is 32.3 Å². The van der Waals surface area contributed by atoms with Crippen molar-refractivity contribution < 1.29 is 18.0 Å². The van der Waals surface area contributed by atoms with E-state index >= 15 is 0 Å². The molecule has 102 valence electrons. The van der Waals surface area contributed by atoms with Crippen LogP contribution in [0.3, 0.4) is 0 Å². The first kappa shape index (κ1) is 13.4. The normalized spacial score (nSPS) is 29.3. The van der Waals surface area contributed by atoms with Gasteiger partial charge in [-0.1, -0.05) is 6.08 Å². The largest absolute Gasteiger partial charge is 0.412 e. The van der Waals surface area contributed by atoms with Gasteiger partial charge in [0.25, 0.3) is 0 Å². The SMILES string of the molecule is CC1(C(=O)N2CC=C(C(F)(F)F)CC2)CCNC1. The highest BCUT2D eigenvalue weighted by Gasteiger charge is 2.41. The van der Waals surface area contributed by atoms with Crippen molar-refractivity contribution in [2.24, 2.45) is 5.41 Å². The summed E-state index contributed by atoms with van der Waals surface area (Å²) in [7, 11) is 0. The molecule has 0 spiro atoms. The van der Waals surface area contributed by atoms with Crippen LogP contribution >= 0.6 is 0 Å². The average Bonchev–Trinajstić information content (AvgIpc) is 2.75. The summed E-state index contributed by atoms with van der Waals surface area (Å²) in [5.41, 5.74) is -0.968. The lowest BCUT2D eigenvalue weighted by Crippen LogP contribution is -2.46. The average molecular weight is 262 g/mol. The minimum absolute atomic E-state index is 0.0371. The fourth-order valence-corrected chi connectivity index (χ4v) is 2.49. The summed E-state index contributed by atoms with van der Waals surface area (Å²) in [6.07, 6.45) is -2.47. The van der Waals surface area contributed by atoms with Gasteiger partial charge in [0.05, 0.1) is 5.41 Å². The van der Waals surface area contributed by atoms with E-state index in [-0.39, 0.29) is 25.4 Å². The Morgan fingerprint density at radius 1 is 1.50 bits per heavy atom. The van der Waals surface area contributed by atoms with Crippen molar-refractivity contribution in [3.63, 3.8) is 0 Å². The summed E-state index contributed by atoms with van der Waals surface area (Å²) in [5, 5.41) is 3.12. The number of carbonyl (C=O) groups excluding carboxylic acids is 1. The number of rotatable bonds is 1. The van der Waals surface area contributed by atoms with E-state index in [4.69, 9.17) is 0 Å². The van der Waals surface area contributed by atoms with Gasteiger partial charge in [-0.15, -0.1) is 0 Å². The highest BCUT2D eigenvalue weighted by Crippen LogP contribution is 2.32. The van der Waals surface area contributed by atoms with Crippen LogP contribution in [0.5, 0.6) is 0 Å². The molecule has 6 heteroatoms. The minimum atomic E-state index is -4.26. The van der Waals surface area contributed by atoms with E-state index in [1.807, 2.05) is 6.92 Å². The molecule has 1 N–H and O–H groups in total. The molecular formula is C12H17F3N2O. The lowest BCUT2D eigenvalue weighted by Gasteiger charge is -2.33. The third-order valence-electron chi connectivity index (χ3n) is 3.75. The molecule has 0 radical (unpaired) electrons. The number of nitrogens with one attached hydrogen (secondary N) is 1. The molecule has 0 bridgehead atoms. The molecule has 0 saturated carbocycles. The van der Waals surface area contributed by atoms with Crippen molar-refractivity contribution in [2.75, 3.05) is 26.2 Å². The fourth-order valence-electron chi connectivity index (χ4n) is 2.49. The maximum absolute atomic E-state index is 12.5. The molecule has 0 aliphatic carbocycles. The quantitative estimate of drug-likeness (QED) is 0.730. The monoisotopic (exact) mass is 262 g/mol. The Balaban J connectivity index is 2.02. The van der Waals surface area contributed by atoms with E-state index in [1.54, 1.807) is 0 Å². The van der Waals surface area contributed by atoms with E-state index in [0.29, 0.717) is 6.54 Å². The zero-order valence-corrected chi connectivity index (χ0v) is 10.3. The van der Waals surface area contributed by atoms with Crippen molar-refractivity contribution in [1.29, 1.82) is 0 Å². The summed E-state index contributed by atoms with van der Waals surface area (Å²) in [5.74, 6) is -0.0371. The summed E-state index contributed by atoms with van der Waals surface area (Å²) < 4.78 is 37.4. The van der Waals surface area contributed by atoms with E-state index in [0.717, 1.165) is 19.0 Å². The number of amides is 1. The molecule has 0 aromatic carbocycles. The van der Waals surface area contributed by atoms with Gasteiger partial charge in [-0.2, -0.15) is 13.2 Å². The highest BCUT2D eigenvalue weighted by molar-refractivity contribution is 5.83. The molecule has 1 saturated heterocycles. The lowest BCUT2D eigenvalue weighted by molar-refractivity contribution is -0.141. The Kier molecular flexibility index (Phi) is 3.40. The Labute approximate surface area is 104 Å². The van der Waals surface area contributed by atoms with E-state index in [1.165, 1.54) is 4.90 Å². The van der Waals surface area contributed by atoms with Gasteiger partial charge in [0.15, 0.2) is 0 Å². The Morgan fingerprint density at radius 2 is 2.22 bits per heavy atom. The van der Waals surface area contributed by atoms with Gasteiger partial charge in [0.2, 0.25) is 5.91 Å². The van der Waals surface area contributed by atoms with Crippen molar-refractivity contribution in [3.05, 3.63) is 11.6 Å². The zero-order valence-electron chi connectivity index (χ0n) is 10.3. The Hall–Kier alpha value is -1.04. The number of carbonyl (C=O) groups is 1. The van der Waals surface area contributed by atoms with Crippen LogP contribution < -0.4 is 5.32 Å².